The number of anilines is 1. The number of aromatic nitrogens is 7. The lowest BCUT2D eigenvalue weighted by Gasteiger charge is -2.07. The predicted molar refractivity (Wildman–Crippen MR) is 139 cm³/mol. The van der Waals surface area contributed by atoms with Crippen molar-refractivity contribution in [1.82, 2.24) is 35.1 Å². The maximum absolute atomic E-state index is 12.0. The summed E-state index contributed by atoms with van der Waals surface area (Å²) in [5.74, 6) is 0.616. The van der Waals surface area contributed by atoms with Gasteiger partial charge in [0, 0.05) is 41.5 Å². The van der Waals surface area contributed by atoms with Crippen LogP contribution in [-0.4, -0.2) is 41.0 Å². The van der Waals surface area contributed by atoms with Crippen LogP contribution < -0.4 is 5.32 Å². The fourth-order valence-electron chi connectivity index (χ4n) is 4.25. The molecule has 0 saturated heterocycles. The van der Waals surface area contributed by atoms with Crippen molar-refractivity contribution in [1.29, 1.82) is 0 Å². The van der Waals surface area contributed by atoms with E-state index >= 15 is 0 Å². The van der Waals surface area contributed by atoms with Gasteiger partial charge in [0.05, 0.1) is 34.8 Å². The largest absolute Gasteiger partial charge is 0.335 e. The van der Waals surface area contributed by atoms with E-state index < -0.39 is 0 Å². The standard InChI is InChI=1S/C27H22N8O/c1-2-5-24(36)31-18-10-17(12-28-13-18)16-7-8-22-19(11-16)26(35-34-22)27-32-23-15-29-14-20(25(23)33-27)21-6-3-4-9-30-21/h3-4,6-15H,2,5H2,1H3,(H,31,36)(H,32,33)(H,34,35). The van der Waals surface area contributed by atoms with Gasteiger partial charge in [-0.3, -0.25) is 24.8 Å². The number of nitrogens with one attached hydrogen (secondary N) is 3. The smallest absolute Gasteiger partial charge is 0.224 e. The summed E-state index contributed by atoms with van der Waals surface area (Å²) in [6.45, 7) is 1.98. The van der Waals surface area contributed by atoms with Gasteiger partial charge in [-0.25, -0.2) is 4.98 Å². The van der Waals surface area contributed by atoms with Crippen LogP contribution in [0, 0.1) is 0 Å². The molecule has 176 valence electrons. The summed E-state index contributed by atoms with van der Waals surface area (Å²) in [7, 11) is 0. The molecule has 36 heavy (non-hydrogen) atoms. The van der Waals surface area contributed by atoms with E-state index in [2.05, 4.69) is 35.5 Å². The second kappa shape index (κ2) is 9.03. The number of hydrogen-bond acceptors (Lipinski definition) is 6. The van der Waals surface area contributed by atoms with Crippen molar-refractivity contribution in [2.75, 3.05) is 5.32 Å². The molecule has 0 unspecified atom stereocenters. The average Bonchev–Trinajstić information content (AvgIpc) is 3.53. The molecule has 1 aromatic carbocycles. The van der Waals surface area contributed by atoms with E-state index in [4.69, 9.17) is 4.98 Å². The molecule has 6 aromatic rings. The molecule has 0 aliphatic carbocycles. The van der Waals surface area contributed by atoms with Gasteiger partial charge in [0.25, 0.3) is 0 Å². The van der Waals surface area contributed by atoms with E-state index in [1.165, 1.54) is 0 Å². The molecule has 0 aliphatic rings. The van der Waals surface area contributed by atoms with Crippen LogP contribution in [0.25, 0.3) is 55.8 Å². The highest BCUT2D eigenvalue weighted by Crippen LogP contribution is 2.32. The molecule has 3 N–H and O–H groups in total. The second-order valence-corrected chi connectivity index (χ2v) is 8.48. The Kier molecular flexibility index (Phi) is 5.42. The second-order valence-electron chi connectivity index (χ2n) is 8.48. The molecule has 0 aliphatic heterocycles. The molecule has 0 atom stereocenters. The maximum atomic E-state index is 12.0. The Morgan fingerprint density at radius 2 is 1.89 bits per heavy atom. The number of amides is 1. The highest BCUT2D eigenvalue weighted by atomic mass is 16.1. The minimum Gasteiger partial charge on any atom is -0.335 e. The minimum atomic E-state index is -0.0199. The van der Waals surface area contributed by atoms with Crippen molar-refractivity contribution in [2.24, 2.45) is 0 Å². The van der Waals surface area contributed by atoms with Gasteiger partial charge in [-0.1, -0.05) is 19.1 Å². The molecular weight excluding hydrogens is 452 g/mol. The van der Waals surface area contributed by atoms with Gasteiger partial charge >= 0.3 is 0 Å². The van der Waals surface area contributed by atoms with Crippen molar-refractivity contribution < 1.29 is 4.79 Å². The zero-order chi connectivity index (χ0) is 24.5. The number of hydrogen-bond donors (Lipinski definition) is 3. The number of nitrogens with zero attached hydrogens (tertiary/aromatic N) is 5. The number of rotatable bonds is 6. The first-order valence-electron chi connectivity index (χ1n) is 11.7. The van der Waals surface area contributed by atoms with Crippen LogP contribution in [0.2, 0.25) is 0 Å². The van der Waals surface area contributed by atoms with Gasteiger partial charge < -0.3 is 10.3 Å². The predicted octanol–water partition coefficient (Wildman–Crippen LogP) is 5.36. The van der Waals surface area contributed by atoms with Crippen LogP contribution in [0.15, 0.2) is 73.4 Å². The van der Waals surface area contributed by atoms with E-state index in [1.807, 2.05) is 49.4 Å². The lowest BCUT2D eigenvalue weighted by atomic mass is 10.0. The molecule has 0 radical (unpaired) electrons. The number of aromatic amines is 2. The fraction of sp³-hybridized carbons (Fsp3) is 0.111. The van der Waals surface area contributed by atoms with E-state index in [0.29, 0.717) is 23.6 Å². The Labute approximate surface area is 206 Å². The topological polar surface area (TPSA) is 125 Å². The van der Waals surface area contributed by atoms with Gasteiger partial charge in [-0.15, -0.1) is 0 Å². The number of fused-ring (bicyclic) bond motifs is 2. The third kappa shape index (κ3) is 3.96. The lowest BCUT2D eigenvalue weighted by molar-refractivity contribution is -0.116. The normalized spacial score (nSPS) is 11.2. The zero-order valence-corrected chi connectivity index (χ0v) is 19.5. The third-order valence-corrected chi connectivity index (χ3v) is 5.95. The zero-order valence-electron chi connectivity index (χ0n) is 19.5. The molecule has 0 saturated carbocycles. The monoisotopic (exact) mass is 474 g/mol. The SMILES string of the molecule is CCCC(=O)Nc1cncc(-c2ccc3[nH]nc(-c4nc5c(-c6ccccn6)cncc5[nH]4)c3c2)c1. The lowest BCUT2D eigenvalue weighted by Crippen LogP contribution is -2.10. The van der Waals surface area contributed by atoms with Crippen molar-refractivity contribution in [2.45, 2.75) is 19.8 Å². The van der Waals surface area contributed by atoms with Gasteiger partial charge in [0.15, 0.2) is 5.82 Å². The van der Waals surface area contributed by atoms with Crippen LogP contribution in [0.5, 0.6) is 0 Å². The maximum Gasteiger partial charge on any atom is 0.224 e. The molecule has 1 amide bonds. The quantitative estimate of drug-likeness (QED) is 0.298. The van der Waals surface area contributed by atoms with E-state index in [-0.39, 0.29) is 5.91 Å². The molecule has 0 fully saturated rings. The Bertz CT molecular complexity index is 1700. The number of H-pyrrole nitrogens is 2. The van der Waals surface area contributed by atoms with Gasteiger partial charge in [0.1, 0.15) is 11.2 Å². The summed E-state index contributed by atoms with van der Waals surface area (Å²) in [5.41, 5.74) is 7.36. The third-order valence-electron chi connectivity index (χ3n) is 5.95. The molecular formula is C27H22N8O. The minimum absolute atomic E-state index is 0.0199. The first kappa shape index (κ1) is 21.6. The molecule has 9 heteroatoms. The number of pyridine rings is 3. The Balaban J connectivity index is 1.40. The first-order chi connectivity index (χ1) is 17.7. The fourth-order valence-corrected chi connectivity index (χ4v) is 4.25. The van der Waals surface area contributed by atoms with Crippen LogP contribution in [0.4, 0.5) is 5.69 Å². The van der Waals surface area contributed by atoms with Gasteiger partial charge in [-0.05, 0) is 42.3 Å². The van der Waals surface area contributed by atoms with E-state index in [0.717, 1.165) is 50.7 Å². The van der Waals surface area contributed by atoms with Crippen LogP contribution in [0.3, 0.4) is 0 Å². The van der Waals surface area contributed by atoms with Crippen molar-refractivity contribution in [3.05, 3.63) is 73.4 Å². The summed E-state index contributed by atoms with van der Waals surface area (Å²) in [6, 6.07) is 13.7. The highest BCUT2D eigenvalue weighted by molar-refractivity contribution is 5.98. The molecule has 9 nitrogen and oxygen atoms in total. The van der Waals surface area contributed by atoms with Crippen LogP contribution in [0.1, 0.15) is 19.8 Å². The van der Waals surface area contributed by atoms with Crippen molar-refractivity contribution in [3.8, 4) is 33.9 Å². The van der Waals surface area contributed by atoms with Crippen LogP contribution >= 0.6 is 0 Å². The molecule has 5 aromatic heterocycles. The van der Waals surface area contributed by atoms with E-state index in [1.54, 1.807) is 31.0 Å². The molecule has 6 rings (SSSR count). The number of carbonyl (C=O) groups is 1. The highest BCUT2D eigenvalue weighted by Gasteiger charge is 2.16. The molecule has 0 bridgehead atoms. The summed E-state index contributed by atoms with van der Waals surface area (Å²) in [6.07, 6.45) is 9.98. The van der Waals surface area contributed by atoms with Crippen molar-refractivity contribution >= 4 is 33.5 Å². The summed E-state index contributed by atoms with van der Waals surface area (Å²) >= 11 is 0. The summed E-state index contributed by atoms with van der Waals surface area (Å²) in [4.78, 5) is 33.4. The number of carbonyl (C=O) groups excluding carboxylic acids is 1. The Morgan fingerprint density at radius 3 is 2.75 bits per heavy atom. The molecule has 5 heterocycles. The summed E-state index contributed by atoms with van der Waals surface area (Å²) in [5, 5.41) is 11.5. The van der Waals surface area contributed by atoms with Gasteiger partial charge in [-0.2, -0.15) is 5.10 Å². The average molecular weight is 475 g/mol. The van der Waals surface area contributed by atoms with Crippen LogP contribution in [-0.2, 0) is 4.79 Å². The van der Waals surface area contributed by atoms with E-state index in [9.17, 15) is 4.79 Å². The van der Waals surface area contributed by atoms with Crippen molar-refractivity contribution in [3.63, 3.8) is 0 Å². The van der Waals surface area contributed by atoms with Gasteiger partial charge in [0.2, 0.25) is 5.91 Å². The Hall–Kier alpha value is -4.92. The Morgan fingerprint density at radius 1 is 0.972 bits per heavy atom. The number of imidazole rings is 1. The summed E-state index contributed by atoms with van der Waals surface area (Å²) < 4.78 is 0. The molecule has 0 spiro atoms. The number of benzene rings is 1. The first-order valence-corrected chi connectivity index (χ1v) is 11.7.